The molecule has 0 saturated heterocycles. The van der Waals surface area contributed by atoms with Gasteiger partial charge in [0, 0.05) is 16.9 Å². The van der Waals surface area contributed by atoms with Crippen molar-refractivity contribution >= 4 is 17.1 Å². The Balaban J connectivity index is 1.53. The Kier molecular flexibility index (Phi) is 8.85. The topological polar surface area (TPSA) is 3.24 Å². The van der Waals surface area contributed by atoms with E-state index in [0.717, 1.165) is 22.6 Å². The Morgan fingerprint density at radius 2 is 0.667 bits per heavy atom. The Morgan fingerprint density at radius 1 is 0.294 bits per heavy atom. The van der Waals surface area contributed by atoms with Gasteiger partial charge in [-0.1, -0.05) is 175 Å². The normalized spacial score (nSPS) is 10.9. The van der Waals surface area contributed by atoms with Gasteiger partial charge in [-0.25, -0.2) is 0 Å². The van der Waals surface area contributed by atoms with Crippen LogP contribution in [0.3, 0.4) is 0 Å². The van der Waals surface area contributed by atoms with Gasteiger partial charge in [0.15, 0.2) is 0 Å². The van der Waals surface area contributed by atoms with Crippen LogP contribution in [-0.2, 0) is 0 Å². The van der Waals surface area contributed by atoms with E-state index in [1.165, 1.54) is 61.2 Å². The van der Waals surface area contributed by atoms with Crippen LogP contribution in [0.25, 0.3) is 55.6 Å². The van der Waals surface area contributed by atoms with Crippen molar-refractivity contribution in [3.05, 3.63) is 211 Å². The van der Waals surface area contributed by atoms with Crippen molar-refractivity contribution in [2.45, 2.75) is 13.8 Å². The van der Waals surface area contributed by atoms with Crippen LogP contribution >= 0.6 is 0 Å². The summed E-state index contributed by atoms with van der Waals surface area (Å²) in [4.78, 5) is 2.40. The summed E-state index contributed by atoms with van der Waals surface area (Å²) in [6.07, 6.45) is 0. The molecule has 0 unspecified atom stereocenters. The van der Waals surface area contributed by atoms with Gasteiger partial charge in [-0.15, -0.1) is 0 Å². The van der Waals surface area contributed by atoms with E-state index in [1.807, 2.05) is 0 Å². The zero-order valence-electron chi connectivity index (χ0n) is 29.0. The predicted octanol–water partition coefficient (Wildman–Crippen LogP) is 14.1. The average molecular weight is 654 g/mol. The van der Waals surface area contributed by atoms with Crippen LogP contribution in [0, 0.1) is 13.8 Å². The molecule has 0 aliphatic carbocycles. The first-order valence-corrected chi connectivity index (χ1v) is 17.6. The van der Waals surface area contributed by atoms with Crippen molar-refractivity contribution in [1.82, 2.24) is 0 Å². The fourth-order valence-corrected chi connectivity index (χ4v) is 7.15. The van der Waals surface area contributed by atoms with Crippen LogP contribution < -0.4 is 4.90 Å². The van der Waals surface area contributed by atoms with Gasteiger partial charge in [0.25, 0.3) is 0 Å². The number of rotatable bonds is 8. The summed E-state index contributed by atoms with van der Waals surface area (Å²) in [5, 5.41) is 0. The quantitative estimate of drug-likeness (QED) is 0.158. The van der Waals surface area contributed by atoms with E-state index in [4.69, 9.17) is 0 Å². The highest BCUT2D eigenvalue weighted by Crippen LogP contribution is 2.52. The zero-order valence-corrected chi connectivity index (χ0v) is 29.0. The summed E-state index contributed by atoms with van der Waals surface area (Å²) in [5.41, 5.74) is 17.7. The van der Waals surface area contributed by atoms with Crippen LogP contribution in [0.4, 0.5) is 17.1 Å². The minimum Gasteiger partial charge on any atom is -0.310 e. The standard InChI is InChI=1S/C50H39N/c1-36-27-31-42(32-28-36)51(43-33-29-37(2)30-34-43)47-26-16-15-25-44(47)46-35-45(38-17-7-3-8-18-38)48(39-19-9-4-10-20-39)50(41-23-13-6-14-24-41)49(46)40-21-11-5-12-22-40/h3-35H,1-2H3. The first kappa shape index (κ1) is 31.8. The minimum atomic E-state index is 1.12. The first-order valence-electron chi connectivity index (χ1n) is 17.6. The molecule has 0 fully saturated rings. The maximum absolute atomic E-state index is 2.44. The van der Waals surface area contributed by atoms with E-state index >= 15 is 0 Å². The Labute approximate surface area is 301 Å². The molecular weight excluding hydrogens is 615 g/mol. The lowest BCUT2D eigenvalue weighted by Gasteiger charge is -2.30. The molecule has 8 aromatic rings. The molecule has 0 heterocycles. The van der Waals surface area contributed by atoms with Gasteiger partial charge in [0.05, 0.1) is 5.69 Å². The molecule has 8 aromatic carbocycles. The molecular formula is C50H39N. The maximum atomic E-state index is 2.44. The number of hydrogen-bond acceptors (Lipinski definition) is 1. The largest absolute Gasteiger partial charge is 0.310 e. The predicted molar refractivity (Wildman–Crippen MR) is 218 cm³/mol. The highest BCUT2D eigenvalue weighted by Gasteiger charge is 2.26. The van der Waals surface area contributed by atoms with Crippen molar-refractivity contribution in [2.24, 2.45) is 0 Å². The van der Waals surface area contributed by atoms with E-state index in [1.54, 1.807) is 0 Å². The third-order valence-corrected chi connectivity index (χ3v) is 9.62. The molecule has 51 heavy (non-hydrogen) atoms. The second-order valence-electron chi connectivity index (χ2n) is 13.1. The maximum Gasteiger partial charge on any atom is 0.0540 e. The fourth-order valence-electron chi connectivity index (χ4n) is 7.15. The van der Waals surface area contributed by atoms with Crippen LogP contribution in [-0.4, -0.2) is 0 Å². The molecule has 0 radical (unpaired) electrons. The molecule has 1 nitrogen and oxygen atoms in total. The third-order valence-electron chi connectivity index (χ3n) is 9.62. The van der Waals surface area contributed by atoms with Crippen molar-refractivity contribution in [3.8, 4) is 55.6 Å². The number of aryl methyl sites for hydroxylation is 2. The molecule has 0 amide bonds. The third kappa shape index (κ3) is 6.38. The lowest BCUT2D eigenvalue weighted by atomic mass is 9.78. The van der Waals surface area contributed by atoms with Gasteiger partial charge in [0.2, 0.25) is 0 Å². The lowest BCUT2D eigenvalue weighted by molar-refractivity contribution is 1.27. The summed E-state index contributed by atoms with van der Waals surface area (Å²) in [7, 11) is 0. The number of anilines is 3. The van der Waals surface area contributed by atoms with Gasteiger partial charge in [-0.3, -0.25) is 0 Å². The average Bonchev–Trinajstić information content (AvgIpc) is 3.20. The van der Waals surface area contributed by atoms with Gasteiger partial charge in [0.1, 0.15) is 0 Å². The SMILES string of the molecule is Cc1ccc(N(c2ccc(C)cc2)c2ccccc2-c2cc(-c3ccccc3)c(-c3ccccc3)c(-c3ccccc3)c2-c2ccccc2)cc1. The molecule has 244 valence electrons. The summed E-state index contributed by atoms with van der Waals surface area (Å²) >= 11 is 0. The van der Waals surface area contributed by atoms with Crippen molar-refractivity contribution in [1.29, 1.82) is 0 Å². The molecule has 0 bridgehead atoms. The lowest BCUT2D eigenvalue weighted by Crippen LogP contribution is -2.11. The smallest absolute Gasteiger partial charge is 0.0540 e. The summed E-state index contributed by atoms with van der Waals surface area (Å²) in [6.45, 7) is 4.29. The van der Waals surface area contributed by atoms with E-state index in [-0.39, 0.29) is 0 Å². The number of hydrogen-bond donors (Lipinski definition) is 0. The number of para-hydroxylation sites is 1. The molecule has 0 spiro atoms. The van der Waals surface area contributed by atoms with Gasteiger partial charge >= 0.3 is 0 Å². The highest BCUT2D eigenvalue weighted by molar-refractivity contribution is 6.09. The fraction of sp³-hybridized carbons (Fsp3) is 0.0400. The summed E-state index contributed by atoms with van der Waals surface area (Å²) in [6, 6.07) is 72.6. The molecule has 0 N–H and O–H groups in total. The Bertz CT molecular complexity index is 2330. The van der Waals surface area contributed by atoms with Crippen LogP contribution in [0.2, 0.25) is 0 Å². The molecule has 1 heteroatoms. The van der Waals surface area contributed by atoms with Crippen LogP contribution in [0.1, 0.15) is 11.1 Å². The van der Waals surface area contributed by atoms with E-state index < -0.39 is 0 Å². The molecule has 0 aliphatic rings. The van der Waals surface area contributed by atoms with Crippen molar-refractivity contribution in [2.75, 3.05) is 4.90 Å². The molecule has 0 aliphatic heterocycles. The van der Waals surface area contributed by atoms with Crippen molar-refractivity contribution < 1.29 is 0 Å². The van der Waals surface area contributed by atoms with Crippen LogP contribution in [0.15, 0.2) is 200 Å². The van der Waals surface area contributed by atoms with E-state index in [0.29, 0.717) is 0 Å². The zero-order chi connectivity index (χ0) is 34.6. The molecule has 0 saturated carbocycles. The molecule has 0 aromatic heterocycles. The second-order valence-corrected chi connectivity index (χ2v) is 13.1. The number of benzene rings is 8. The highest BCUT2D eigenvalue weighted by atomic mass is 15.1. The number of nitrogens with zero attached hydrogens (tertiary/aromatic N) is 1. The first-order chi connectivity index (χ1) is 25.2. The molecule has 8 rings (SSSR count). The monoisotopic (exact) mass is 653 g/mol. The van der Waals surface area contributed by atoms with E-state index in [2.05, 4.69) is 219 Å². The van der Waals surface area contributed by atoms with Crippen molar-refractivity contribution in [3.63, 3.8) is 0 Å². The second kappa shape index (κ2) is 14.2. The Morgan fingerprint density at radius 3 is 1.14 bits per heavy atom. The van der Waals surface area contributed by atoms with Gasteiger partial charge in [-0.2, -0.15) is 0 Å². The molecule has 0 atom stereocenters. The van der Waals surface area contributed by atoms with Gasteiger partial charge < -0.3 is 4.90 Å². The minimum absolute atomic E-state index is 1.12. The summed E-state index contributed by atoms with van der Waals surface area (Å²) < 4.78 is 0. The van der Waals surface area contributed by atoms with E-state index in [9.17, 15) is 0 Å². The Hall–Kier alpha value is -6.44. The van der Waals surface area contributed by atoms with Gasteiger partial charge in [-0.05, 0) is 100 Å². The summed E-state index contributed by atoms with van der Waals surface area (Å²) in [5.74, 6) is 0. The van der Waals surface area contributed by atoms with Crippen LogP contribution in [0.5, 0.6) is 0 Å².